The van der Waals surface area contributed by atoms with Gasteiger partial charge >= 0.3 is 0 Å². The van der Waals surface area contributed by atoms with Crippen LogP contribution in [0.25, 0.3) is 0 Å². The molecule has 25 heavy (non-hydrogen) atoms. The smallest absolute Gasteiger partial charge is 0.259 e. The summed E-state index contributed by atoms with van der Waals surface area (Å²) in [5.74, 6) is 2.27. The number of nitrogens with one attached hydrogen (secondary N) is 1. The van der Waals surface area contributed by atoms with Crippen LogP contribution in [0.5, 0.6) is 34.5 Å². The van der Waals surface area contributed by atoms with Crippen molar-refractivity contribution in [2.75, 3.05) is 33.1 Å². The Morgan fingerprint density at radius 2 is 1.72 bits per heavy atom. The molecule has 2 aliphatic rings. The summed E-state index contributed by atoms with van der Waals surface area (Å²) in [5.41, 5.74) is 0.828. The molecule has 8 heteroatoms. The van der Waals surface area contributed by atoms with E-state index < -0.39 is 0 Å². The van der Waals surface area contributed by atoms with Gasteiger partial charge in [0.25, 0.3) is 5.91 Å². The van der Waals surface area contributed by atoms with Crippen molar-refractivity contribution in [2.24, 2.45) is 0 Å². The van der Waals surface area contributed by atoms with Gasteiger partial charge in [0.1, 0.15) is 0 Å². The van der Waals surface area contributed by atoms with Crippen LogP contribution in [0.15, 0.2) is 24.3 Å². The number of anilines is 1. The summed E-state index contributed by atoms with van der Waals surface area (Å²) in [6, 6.07) is 6.70. The zero-order chi connectivity index (χ0) is 17.4. The third-order valence-electron chi connectivity index (χ3n) is 3.86. The number of carbonyl (C=O) groups excluding carboxylic acids is 1. The van der Waals surface area contributed by atoms with Gasteiger partial charge in [0, 0.05) is 17.8 Å². The van der Waals surface area contributed by atoms with E-state index in [9.17, 15) is 4.79 Å². The number of amides is 1. The first-order valence-corrected chi connectivity index (χ1v) is 7.47. The van der Waals surface area contributed by atoms with E-state index in [2.05, 4.69) is 5.32 Å². The first-order valence-electron chi connectivity index (χ1n) is 7.47. The fraction of sp³-hybridized carbons (Fsp3) is 0.235. The molecule has 1 N–H and O–H groups in total. The van der Waals surface area contributed by atoms with E-state index in [0.717, 1.165) is 0 Å². The molecule has 2 heterocycles. The molecule has 0 saturated heterocycles. The zero-order valence-corrected chi connectivity index (χ0v) is 13.6. The normalized spacial score (nSPS) is 13.5. The Morgan fingerprint density at radius 3 is 2.52 bits per heavy atom. The third kappa shape index (κ3) is 2.51. The number of hydrogen-bond donors (Lipinski definition) is 1. The predicted molar refractivity (Wildman–Crippen MR) is 86.2 cm³/mol. The molecule has 2 aromatic carbocycles. The summed E-state index contributed by atoms with van der Waals surface area (Å²) in [6.07, 6.45) is 0. The lowest BCUT2D eigenvalue weighted by Gasteiger charge is -2.14. The lowest BCUT2D eigenvalue weighted by molar-refractivity contribution is 0.102. The maximum Gasteiger partial charge on any atom is 0.259 e. The fourth-order valence-corrected chi connectivity index (χ4v) is 2.71. The Balaban J connectivity index is 1.68. The Hall–Kier alpha value is -3.29. The highest BCUT2D eigenvalue weighted by Crippen LogP contribution is 2.49. The first-order chi connectivity index (χ1) is 12.2. The summed E-state index contributed by atoms with van der Waals surface area (Å²) < 4.78 is 32.0. The Labute approximate surface area is 143 Å². The van der Waals surface area contributed by atoms with Crippen molar-refractivity contribution >= 4 is 11.6 Å². The molecule has 0 aliphatic carbocycles. The minimum absolute atomic E-state index is 0.0370. The summed E-state index contributed by atoms with van der Waals surface area (Å²) in [4.78, 5) is 12.7. The highest BCUT2D eigenvalue weighted by atomic mass is 16.7. The maximum absolute atomic E-state index is 12.7. The SMILES string of the molecule is COc1cc(C(=O)Nc2ccc3c(c2)OCO3)c(OC)c2c1OCO2. The van der Waals surface area contributed by atoms with Gasteiger partial charge in [-0.2, -0.15) is 0 Å². The van der Waals surface area contributed by atoms with Crippen molar-refractivity contribution in [3.63, 3.8) is 0 Å². The van der Waals surface area contributed by atoms with Crippen molar-refractivity contribution in [3.05, 3.63) is 29.8 Å². The quantitative estimate of drug-likeness (QED) is 0.911. The van der Waals surface area contributed by atoms with E-state index in [-0.39, 0.29) is 30.8 Å². The van der Waals surface area contributed by atoms with Crippen LogP contribution in [-0.2, 0) is 0 Å². The number of ether oxygens (including phenoxy) is 6. The topological polar surface area (TPSA) is 84.5 Å². The monoisotopic (exact) mass is 345 g/mol. The average molecular weight is 345 g/mol. The molecular weight excluding hydrogens is 330 g/mol. The number of benzene rings is 2. The van der Waals surface area contributed by atoms with Crippen LogP contribution in [-0.4, -0.2) is 33.7 Å². The van der Waals surface area contributed by atoms with Gasteiger partial charge < -0.3 is 33.7 Å². The van der Waals surface area contributed by atoms with E-state index in [1.807, 2.05) is 0 Å². The largest absolute Gasteiger partial charge is 0.493 e. The molecule has 2 aliphatic heterocycles. The third-order valence-corrected chi connectivity index (χ3v) is 3.86. The van der Waals surface area contributed by atoms with Crippen molar-refractivity contribution in [1.29, 1.82) is 0 Å². The van der Waals surface area contributed by atoms with Crippen LogP contribution < -0.4 is 33.7 Å². The minimum Gasteiger partial charge on any atom is -0.493 e. The lowest BCUT2D eigenvalue weighted by Crippen LogP contribution is -2.13. The van der Waals surface area contributed by atoms with Crippen LogP contribution in [0.3, 0.4) is 0 Å². The van der Waals surface area contributed by atoms with Crippen molar-refractivity contribution < 1.29 is 33.2 Å². The van der Waals surface area contributed by atoms with Crippen molar-refractivity contribution in [1.82, 2.24) is 0 Å². The maximum atomic E-state index is 12.7. The van der Waals surface area contributed by atoms with Gasteiger partial charge in [-0.1, -0.05) is 0 Å². The second-order valence-corrected chi connectivity index (χ2v) is 5.25. The van der Waals surface area contributed by atoms with Gasteiger partial charge in [-0.15, -0.1) is 0 Å². The highest BCUT2D eigenvalue weighted by Gasteiger charge is 2.29. The molecule has 0 unspecified atom stereocenters. The van der Waals surface area contributed by atoms with Gasteiger partial charge in [-0.25, -0.2) is 0 Å². The molecule has 0 atom stereocenters. The van der Waals surface area contributed by atoms with E-state index in [1.165, 1.54) is 14.2 Å². The average Bonchev–Trinajstić information content (AvgIpc) is 3.28. The number of fused-ring (bicyclic) bond motifs is 2. The molecule has 0 aromatic heterocycles. The fourth-order valence-electron chi connectivity index (χ4n) is 2.71. The Kier molecular flexibility index (Phi) is 3.64. The van der Waals surface area contributed by atoms with Gasteiger partial charge in [0.05, 0.1) is 19.8 Å². The lowest BCUT2D eigenvalue weighted by atomic mass is 10.1. The summed E-state index contributed by atoms with van der Waals surface area (Å²) in [5, 5.41) is 2.80. The molecular formula is C17H15NO7. The molecule has 0 fully saturated rings. The van der Waals surface area contributed by atoms with Crippen LogP contribution in [0.1, 0.15) is 10.4 Å². The number of methoxy groups -OCH3 is 2. The summed E-state index contributed by atoms with van der Waals surface area (Å²) in [6.45, 7) is 0.204. The molecule has 4 rings (SSSR count). The summed E-state index contributed by atoms with van der Waals surface area (Å²) in [7, 11) is 2.95. The first kappa shape index (κ1) is 15.3. The Bertz CT molecular complexity index is 849. The van der Waals surface area contributed by atoms with Crippen LogP contribution >= 0.6 is 0 Å². The molecule has 0 bridgehead atoms. The second-order valence-electron chi connectivity index (χ2n) is 5.25. The zero-order valence-electron chi connectivity index (χ0n) is 13.6. The van der Waals surface area contributed by atoms with Gasteiger partial charge in [0.2, 0.25) is 25.1 Å². The van der Waals surface area contributed by atoms with Crippen molar-refractivity contribution in [3.8, 4) is 34.5 Å². The predicted octanol–water partition coefficient (Wildman–Crippen LogP) is 2.41. The molecule has 2 aromatic rings. The number of hydrogen-bond acceptors (Lipinski definition) is 7. The van der Waals surface area contributed by atoms with E-state index in [0.29, 0.717) is 34.4 Å². The second kappa shape index (κ2) is 5.97. The van der Waals surface area contributed by atoms with Crippen LogP contribution in [0, 0.1) is 0 Å². The van der Waals surface area contributed by atoms with Crippen LogP contribution in [0.4, 0.5) is 5.69 Å². The van der Waals surface area contributed by atoms with E-state index in [1.54, 1.807) is 24.3 Å². The standard InChI is InChI=1S/C17H15NO7/c1-20-13-6-10(14(21-2)16-15(13)24-8-25-16)17(19)18-9-3-4-11-12(5-9)23-7-22-11/h3-6H,7-8H2,1-2H3,(H,18,19). The molecule has 130 valence electrons. The number of carbonyl (C=O) groups is 1. The highest BCUT2D eigenvalue weighted by molar-refractivity contribution is 6.07. The van der Waals surface area contributed by atoms with Crippen molar-refractivity contribution in [2.45, 2.75) is 0 Å². The van der Waals surface area contributed by atoms with Gasteiger partial charge in [-0.3, -0.25) is 4.79 Å². The number of rotatable bonds is 4. The van der Waals surface area contributed by atoms with E-state index >= 15 is 0 Å². The minimum atomic E-state index is -0.382. The summed E-state index contributed by atoms with van der Waals surface area (Å²) >= 11 is 0. The Morgan fingerprint density at radius 1 is 0.960 bits per heavy atom. The molecule has 8 nitrogen and oxygen atoms in total. The van der Waals surface area contributed by atoms with Gasteiger partial charge in [-0.05, 0) is 12.1 Å². The van der Waals surface area contributed by atoms with Gasteiger partial charge in [0.15, 0.2) is 23.0 Å². The molecule has 0 radical (unpaired) electrons. The molecule has 0 spiro atoms. The van der Waals surface area contributed by atoms with E-state index in [4.69, 9.17) is 28.4 Å². The molecule has 0 saturated carbocycles. The van der Waals surface area contributed by atoms with Crippen LogP contribution in [0.2, 0.25) is 0 Å². The molecule has 1 amide bonds.